The van der Waals surface area contributed by atoms with Crippen LogP contribution in [0.5, 0.6) is 0 Å². The summed E-state index contributed by atoms with van der Waals surface area (Å²) in [5.41, 5.74) is 0. The molecule has 0 spiro atoms. The molecule has 5 heteroatoms. The van der Waals surface area contributed by atoms with Crippen LogP contribution in [0, 0.1) is 0 Å². The van der Waals surface area contributed by atoms with E-state index in [2.05, 4.69) is 6.92 Å². The van der Waals surface area contributed by atoms with Gasteiger partial charge < -0.3 is 10.0 Å². The molecule has 1 heterocycles. The average Bonchev–Trinajstić information content (AvgIpc) is 2.36. The fraction of sp³-hybridized carbons (Fsp3) is 0.857. The molecule has 1 amide bonds. The van der Waals surface area contributed by atoms with E-state index in [1.165, 1.54) is 6.42 Å². The third kappa shape index (κ3) is 4.82. The van der Waals surface area contributed by atoms with E-state index in [0.717, 1.165) is 25.8 Å². The summed E-state index contributed by atoms with van der Waals surface area (Å²) in [5.74, 6) is -0.812. The normalized spacial score (nSPS) is 21.5. The second-order valence-corrected chi connectivity index (χ2v) is 5.49. The molecule has 1 rings (SSSR count). The smallest absolute Gasteiger partial charge is 0.317 e. The second kappa shape index (κ2) is 7.48. The van der Waals surface area contributed by atoms with Gasteiger partial charge in [-0.1, -0.05) is 6.92 Å². The number of likely N-dealkylation sites (tertiary alicyclic amines) is 1. The van der Waals surface area contributed by atoms with Crippen LogP contribution in [0.3, 0.4) is 0 Å². The van der Waals surface area contributed by atoms with E-state index in [1.54, 1.807) is 4.90 Å². The standard InChI is InChI=1S/C14H26N2O3/c1-4-11(2)15(10-14(18)19)9-13(17)16-8-6-5-7-12(16)3/h11-12H,4-10H2,1-3H3,(H,18,19). The molecule has 0 saturated carbocycles. The Hall–Kier alpha value is -1.10. The van der Waals surface area contributed by atoms with Crippen molar-refractivity contribution in [2.75, 3.05) is 19.6 Å². The van der Waals surface area contributed by atoms with Gasteiger partial charge >= 0.3 is 5.97 Å². The number of hydrogen-bond donors (Lipinski definition) is 1. The molecule has 0 aliphatic carbocycles. The lowest BCUT2D eigenvalue weighted by Crippen LogP contribution is -2.49. The Morgan fingerprint density at radius 3 is 2.58 bits per heavy atom. The Kier molecular flexibility index (Phi) is 6.28. The highest BCUT2D eigenvalue weighted by atomic mass is 16.4. The van der Waals surface area contributed by atoms with Gasteiger partial charge in [0.05, 0.1) is 13.1 Å². The number of carbonyl (C=O) groups excluding carboxylic acids is 1. The molecule has 1 N–H and O–H groups in total. The van der Waals surface area contributed by atoms with Crippen LogP contribution in [0.4, 0.5) is 0 Å². The predicted molar refractivity (Wildman–Crippen MR) is 74.0 cm³/mol. The molecule has 1 aliphatic heterocycles. The van der Waals surface area contributed by atoms with Gasteiger partial charge in [0.2, 0.25) is 5.91 Å². The van der Waals surface area contributed by atoms with Crippen LogP contribution >= 0.6 is 0 Å². The van der Waals surface area contributed by atoms with Crippen molar-refractivity contribution in [1.29, 1.82) is 0 Å². The third-order valence-corrected chi connectivity index (χ3v) is 4.01. The molecule has 110 valence electrons. The van der Waals surface area contributed by atoms with Gasteiger partial charge in [-0.2, -0.15) is 0 Å². The lowest BCUT2D eigenvalue weighted by Gasteiger charge is -2.36. The van der Waals surface area contributed by atoms with Crippen molar-refractivity contribution in [2.24, 2.45) is 0 Å². The number of piperidine rings is 1. The number of amides is 1. The zero-order chi connectivity index (χ0) is 14.4. The molecule has 0 aromatic heterocycles. The van der Waals surface area contributed by atoms with Gasteiger partial charge in [-0.3, -0.25) is 14.5 Å². The van der Waals surface area contributed by atoms with Gasteiger partial charge in [0.1, 0.15) is 0 Å². The van der Waals surface area contributed by atoms with E-state index < -0.39 is 5.97 Å². The summed E-state index contributed by atoms with van der Waals surface area (Å²) in [6, 6.07) is 0.394. The van der Waals surface area contributed by atoms with Crippen LogP contribution in [0.2, 0.25) is 0 Å². The molecule has 0 radical (unpaired) electrons. The molecule has 5 nitrogen and oxygen atoms in total. The first kappa shape index (κ1) is 16.0. The van der Waals surface area contributed by atoms with Crippen molar-refractivity contribution in [1.82, 2.24) is 9.80 Å². The SMILES string of the molecule is CCC(C)N(CC(=O)O)CC(=O)N1CCCCC1C. The van der Waals surface area contributed by atoms with Crippen molar-refractivity contribution in [3.8, 4) is 0 Å². The molecule has 2 atom stereocenters. The summed E-state index contributed by atoms with van der Waals surface area (Å²) in [7, 11) is 0. The Morgan fingerprint density at radius 2 is 2.05 bits per heavy atom. The molecule has 0 bridgehead atoms. The minimum Gasteiger partial charge on any atom is -0.480 e. The third-order valence-electron chi connectivity index (χ3n) is 4.01. The Labute approximate surface area is 115 Å². The van der Waals surface area contributed by atoms with Crippen LogP contribution < -0.4 is 0 Å². The lowest BCUT2D eigenvalue weighted by atomic mass is 10.0. The van der Waals surface area contributed by atoms with E-state index in [-0.39, 0.29) is 31.1 Å². The summed E-state index contributed by atoms with van der Waals surface area (Å²) in [5, 5.41) is 8.94. The largest absolute Gasteiger partial charge is 0.480 e. The van der Waals surface area contributed by atoms with Gasteiger partial charge in [0.15, 0.2) is 0 Å². The minimum atomic E-state index is -0.875. The Balaban J connectivity index is 2.61. The van der Waals surface area contributed by atoms with Gasteiger partial charge in [0, 0.05) is 18.6 Å². The van der Waals surface area contributed by atoms with Crippen molar-refractivity contribution in [3.05, 3.63) is 0 Å². The summed E-state index contributed by atoms with van der Waals surface area (Å²) in [4.78, 5) is 26.9. The van der Waals surface area contributed by atoms with Gasteiger partial charge in [-0.25, -0.2) is 0 Å². The molecule has 1 fully saturated rings. The summed E-state index contributed by atoms with van der Waals surface area (Å²) < 4.78 is 0. The van der Waals surface area contributed by atoms with Gasteiger partial charge in [-0.05, 0) is 39.5 Å². The minimum absolute atomic E-state index is 0.0637. The Morgan fingerprint density at radius 1 is 1.37 bits per heavy atom. The first-order valence-electron chi connectivity index (χ1n) is 7.21. The molecular weight excluding hydrogens is 244 g/mol. The van der Waals surface area contributed by atoms with E-state index in [1.807, 2.05) is 18.7 Å². The van der Waals surface area contributed by atoms with Crippen LogP contribution in [0.25, 0.3) is 0 Å². The Bertz CT molecular complexity index is 320. The number of carbonyl (C=O) groups is 2. The maximum atomic E-state index is 12.3. The van der Waals surface area contributed by atoms with Crippen molar-refractivity contribution in [2.45, 2.75) is 58.5 Å². The van der Waals surface area contributed by atoms with Crippen molar-refractivity contribution in [3.63, 3.8) is 0 Å². The van der Waals surface area contributed by atoms with E-state index in [0.29, 0.717) is 0 Å². The quantitative estimate of drug-likeness (QED) is 0.796. The molecule has 2 unspecified atom stereocenters. The summed E-state index contributed by atoms with van der Waals surface area (Å²) in [6.07, 6.45) is 4.12. The summed E-state index contributed by atoms with van der Waals surface area (Å²) in [6.45, 7) is 7.00. The first-order valence-corrected chi connectivity index (χ1v) is 7.21. The molecule has 0 aromatic carbocycles. The van der Waals surface area contributed by atoms with Crippen LogP contribution in [-0.4, -0.2) is 58.5 Å². The molecule has 1 saturated heterocycles. The number of carboxylic acids is 1. The topological polar surface area (TPSA) is 60.9 Å². The highest BCUT2D eigenvalue weighted by Gasteiger charge is 2.26. The predicted octanol–water partition coefficient (Wildman–Crippen LogP) is 1.57. The lowest BCUT2D eigenvalue weighted by molar-refractivity contribution is -0.141. The highest BCUT2D eigenvalue weighted by Crippen LogP contribution is 2.17. The van der Waals surface area contributed by atoms with Crippen LogP contribution in [0.1, 0.15) is 46.5 Å². The maximum Gasteiger partial charge on any atom is 0.317 e. The van der Waals surface area contributed by atoms with Crippen molar-refractivity contribution < 1.29 is 14.7 Å². The molecule has 19 heavy (non-hydrogen) atoms. The monoisotopic (exact) mass is 270 g/mol. The highest BCUT2D eigenvalue weighted by molar-refractivity contribution is 5.79. The van der Waals surface area contributed by atoms with E-state index in [9.17, 15) is 9.59 Å². The number of nitrogens with zero attached hydrogens (tertiary/aromatic N) is 2. The van der Waals surface area contributed by atoms with Crippen molar-refractivity contribution >= 4 is 11.9 Å². The number of rotatable bonds is 6. The fourth-order valence-corrected chi connectivity index (χ4v) is 2.53. The molecule has 0 aromatic rings. The number of carboxylic acid groups (broad SMARTS) is 1. The maximum absolute atomic E-state index is 12.3. The van der Waals surface area contributed by atoms with E-state index in [4.69, 9.17) is 5.11 Å². The number of hydrogen-bond acceptors (Lipinski definition) is 3. The van der Waals surface area contributed by atoms with Crippen LogP contribution in [-0.2, 0) is 9.59 Å². The van der Waals surface area contributed by atoms with Gasteiger partial charge in [0.25, 0.3) is 0 Å². The molecular formula is C14H26N2O3. The second-order valence-electron chi connectivity index (χ2n) is 5.49. The number of aliphatic carboxylic acids is 1. The van der Waals surface area contributed by atoms with Crippen LogP contribution in [0.15, 0.2) is 0 Å². The zero-order valence-electron chi connectivity index (χ0n) is 12.3. The average molecular weight is 270 g/mol. The summed E-state index contributed by atoms with van der Waals surface area (Å²) >= 11 is 0. The van der Waals surface area contributed by atoms with E-state index >= 15 is 0 Å². The fourth-order valence-electron chi connectivity index (χ4n) is 2.53. The van der Waals surface area contributed by atoms with Gasteiger partial charge in [-0.15, -0.1) is 0 Å². The first-order chi connectivity index (χ1) is 8.95. The molecule has 1 aliphatic rings. The zero-order valence-corrected chi connectivity index (χ0v) is 12.3.